The number of carbonyl (C=O) groups excluding carboxylic acids is 3. The predicted octanol–water partition coefficient (Wildman–Crippen LogP) is 5.55. The van der Waals surface area contributed by atoms with Crippen molar-refractivity contribution in [3.05, 3.63) is 77.5 Å². The number of hydroxylamine groups is 2. The van der Waals surface area contributed by atoms with E-state index >= 15 is 0 Å². The zero-order valence-corrected chi connectivity index (χ0v) is 47.6. The highest BCUT2D eigenvalue weighted by atomic mass is 32.2. The van der Waals surface area contributed by atoms with Gasteiger partial charge in [-0.05, 0) is 92.5 Å². The highest BCUT2D eigenvalue weighted by molar-refractivity contribution is 7.86. The molecule has 438 valence electrons. The van der Waals surface area contributed by atoms with Crippen LogP contribution < -0.4 is 9.80 Å². The highest BCUT2D eigenvalue weighted by Crippen LogP contribution is 2.51. The van der Waals surface area contributed by atoms with E-state index in [9.17, 15) is 58.4 Å². The van der Waals surface area contributed by atoms with Crippen LogP contribution in [-0.2, 0) is 83.4 Å². The Morgan fingerprint density at radius 1 is 0.744 bits per heavy atom. The SMILES string of the molecule is CCN(CCCS(=O)(=O)O)c1ccc(/C(=C\C/C=C/C=C2/N(CCOCCOCCOCCOCCOCCOCCC(=O)ON3C(=O)CCC3=O)c3ccc(S(=O)(=O)O)cc3C2(C)CCCS(=O)(=O)O)C(C)(C)C)c(O)c1. The Balaban J connectivity index is 1.29. The number of hydrogen-bond donors (Lipinski definition) is 4. The van der Waals surface area contributed by atoms with Gasteiger partial charge in [-0.15, -0.1) is 5.06 Å². The third-order valence-corrected chi connectivity index (χ3v) is 15.0. The minimum atomic E-state index is -4.62. The molecular weight excluding hydrogens is 1080 g/mol. The molecule has 0 bridgehead atoms. The van der Waals surface area contributed by atoms with Crippen LogP contribution in [0, 0.1) is 5.41 Å². The van der Waals surface area contributed by atoms with Crippen LogP contribution in [0.2, 0.25) is 0 Å². The lowest BCUT2D eigenvalue weighted by Gasteiger charge is -2.30. The van der Waals surface area contributed by atoms with Gasteiger partial charge in [0.2, 0.25) is 0 Å². The van der Waals surface area contributed by atoms with Crippen LogP contribution >= 0.6 is 0 Å². The van der Waals surface area contributed by atoms with Crippen LogP contribution in [0.25, 0.3) is 5.57 Å². The van der Waals surface area contributed by atoms with E-state index in [1.54, 1.807) is 12.1 Å². The fourth-order valence-electron chi connectivity index (χ4n) is 8.72. The summed E-state index contributed by atoms with van der Waals surface area (Å²) in [6, 6.07) is 9.56. The summed E-state index contributed by atoms with van der Waals surface area (Å²) < 4.78 is 133. The Labute approximate surface area is 458 Å². The molecule has 4 N–H and O–H groups in total. The summed E-state index contributed by atoms with van der Waals surface area (Å²) in [7, 11) is -13.1. The van der Waals surface area contributed by atoms with E-state index in [4.69, 9.17) is 33.3 Å². The Morgan fingerprint density at radius 2 is 1.28 bits per heavy atom. The molecule has 0 aliphatic carbocycles. The fraction of sp³-hybridized carbons (Fsp3) is 0.596. The molecule has 2 aromatic rings. The number of carbonyl (C=O) groups is 3. The normalized spacial score (nSPS) is 17.0. The first-order valence-corrected chi connectivity index (χ1v) is 30.4. The Kier molecular flexibility index (Phi) is 26.3. The number of ether oxygens (including phenoxy) is 6. The van der Waals surface area contributed by atoms with Crippen LogP contribution in [0.3, 0.4) is 0 Å². The lowest BCUT2D eigenvalue weighted by molar-refractivity contribution is -0.198. The van der Waals surface area contributed by atoms with Crippen LogP contribution in [0.4, 0.5) is 11.4 Å². The van der Waals surface area contributed by atoms with Crippen molar-refractivity contribution < 1.29 is 91.7 Å². The van der Waals surface area contributed by atoms with E-state index in [1.165, 1.54) is 12.1 Å². The Hall–Kier alpha value is -4.84. The van der Waals surface area contributed by atoms with Gasteiger partial charge in [-0.1, -0.05) is 39.0 Å². The minimum Gasteiger partial charge on any atom is -0.507 e. The molecule has 2 amide bonds. The topological polar surface area (TPSA) is 309 Å². The summed E-state index contributed by atoms with van der Waals surface area (Å²) in [6.45, 7) is 14.2. The molecule has 2 aliphatic heterocycles. The van der Waals surface area contributed by atoms with Crippen molar-refractivity contribution in [3.8, 4) is 5.75 Å². The number of benzene rings is 2. The van der Waals surface area contributed by atoms with Crippen LogP contribution in [0.1, 0.15) is 90.7 Å². The van der Waals surface area contributed by atoms with E-state index < -0.39 is 64.7 Å². The number of nitrogens with zero attached hydrogens (tertiary/aromatic N) is 3. The van der Waals surface area contributed by atoms with Gasteiger partial charge in [0.15, 0.2) is 0 Å². The lowest BCUT2D eigenvalue weighted by Crippen LogP contribution is -2.32. The Bertz CT molecular complexity index is 2730. The fourth-order valence-corrected chi connectivity index (χ4v) is 10.2. The zero-order valence-electron chi connectivity index (χ0n) is 45.1. The van der Waals surface area contributed by atoms with E-state index in [2.05, 4.69) is 0 Å². The minimum absolute atomic E-state index is 0.0222. The summed E-state index contributed by atoms with van der Waals surface area (Å²) in [5.41, 5.74) is 2.60. The second-order valence-corrected chi connectivity index (χ2v) is 24.1. The average molecular weight is 1160 g/mol. The molecule has 78 heavy (non-hydrogen) atoms. The number of allylic oxidation sites excluding steroid dienone is 6. The molecular formula is C52H77N3O20S3. The quantitative estimate of drug-likeness (QED) is 0.0366. The number of imide groups is 1. The second kappa shape index (κ2) is 31.2. The van der Waals surface area contributed by atoms with Crippen molar-refractivity contribution in [1.82, 2.24) is 5.06 Å². The van der Waals surface area contributed by atoms with Gasteiger partial charge in [-0.2, -0.15) is 25.3 Å². The van der Waals surface area contributed by atoms with Crippen molar-refractivity contribution in [3.63, 3.8) is 0 Å². The maximum absolute atomic E-state index is 12.4. The van der Waals surface area contributed by atoms with Gasteiger partial charge in [0.05, 0.1) is 102 Å². The molecule has 0 aromatic heterocycles. The standard InChI is InChI=1S/C52H77N3O20S3/c1-6-53(22-11-37-77(63,64)65)40-14-16-42(46(56)38-40)43(51(2,3)4)12-8-7-9-13-47-52(5,21-10-36-76(60,61)62)44-39-41(78(66,67)68)15-17-45(44)54(47)23-25-70-27-29-72-31-33-74-35-34-73-32-30-71-28-26-69-24-20-50(59)75-55-48(57)18-19-49(55)58/h7,9,12-17,38-39,56H,6,8,10-11,18-37H2,1-5H3,(H,60,61,62)(H,63,64,65)(H,66,67,68)/b9-7+,43-12+,47-13+. The first-order valence-electron chi connectivity index (χ1n) is 25.7. The average Bonchev–Trinajstić information content (AvgIpc) is 3.95. The maximum Gasteiger partial charge on any atom is 0.335 e. The number of anilines is 2. The smallest absolute Gasteiger partial charge is 0.335 e. The molecule has 2 heterocycles. The van der Waals surface area contributed by atoms with Crippen LogP contribution in [0.5, 0.6) is 5.75 Å². The number of amides is 2. The maximum atomic E-state index is 12.4. The molecule has 2 aromatic carbocycles. The zero-order chi connectivity index (χ0) is 57.6. The summed E-state index contributed by atoms with van der Waals surface area (Å²) in [5, 5.41) is 11.8. The van der Waals surface area contributed by atoms with Crippen LogP contribution in [-0.4, -0.2) is 177 Å². The molecule has 4 rings (SSSR count). The van der Waals surface area contributed by atoms with Crippen LogP contribution in [0.15, 0.2) is 71.3 Å². The molecule has 1 unspecified atom stereocenters. The Morgan fingerprint density at radius 3 is 1.79 bits per heavy atom. The van der Waals surface area contributed by atoms with Gasteiger partial charge in [-0.3, -0.25) is 23.2 Å². The number of hydrogen-bond acceptors (Lipinski definition) is 19. The second-order valence-electron chi connectivity index (χ2n) is 19.5. The number of phenolic OH excluding ortho intramolecular Hbond substituents is 1. The molecule has 2 aliphatic rings. The molecule has 1 saturated heterocycles. The van der Waals surface area contributed by atoms with Crippen molar-refractivity contribution in [2.24, 2.45) is 5.41 Å². The predicted molar refractivity (Wildman–Crippen MR) is 290 cm³/mol. The van der Waals surface area contributed by atoms with E-state index in [0.717, 1.165) is 5.57 Å². The molecule has 0 saturated carbocycles. The van der Waals surface area contributed by atoms with Crippen molar-refractivity contribution >= 4 is 65.1 Å². The summed E-state index contributed by atoms with van der Waals surface area (Å²) in [5.74, 6) is -2.70. The van der Waals surface area contributed by atoms with Crippen molar-refractivity contribution in [2.45, 2.75) is 89.9 Å². The van der Waals surface area contributed by atoms with E-state index in [-0.39, 0.29) is 94.6 Å². The largest absolute Gasteiger partial charge is 0.507 e. The van der Waals surface area contributed by atoms with Gasteiger partial charge >= 0.3 is 5.97 Å². The summed E-state index contributed by atoms with van der Waals surface area (Å²) >= 11 is 0. The van der Waals surface area contributed by atoms with Gasteiger partial charge in [0.1, 0.15) is 5.75 Å². The van der Waals surface area contributed by atoms with Gasteiger partial charge in [0, 0.05) is 66.6 Å². The molecule has 0 spiro atoms. The molecule has 23 nitrogen and oxygen atoms in total. The van der Waals surface area contributed by atoms with E-state index in [1.807, 2.05) is 80.9 Å². The number of aromatic hydroxyl groups is 1. The van der Waals surface area contributed by atoms with Gasteiger partial charge in [-0.25, -0.2) is 4.79 Å². The first kappa shape index (κ1) is 65.7. The highest BCUT2D eigenvalue weighted by Gasteiger charge is 2.44. The third kappa shape index (κ3) is 22.0. The monoisotopic (exact) mass is 1160 g/mol. The van der Waals surface area contributed by atoms with E-state index in [0.29, 0.717) is 99.0 Å². The third-order valence-electron chi connectivity index (χ3n) is 12.6. The molecule has 0 radical (unpaired) electrons. The van der Waals surface area contributed by atoms with Crippen molar-refractivity contribution in [1.29, 1.82) is 0 Å². The molecule has 1 fully saturated rings. The number of phenols is 1. The summed E-state index contributed by atoms with van der Waals surface area (Å²) in [6.07, 6.45) is 8.36. The molecule has 26 heteroatoms. The summed E-state index contributed by atoms with van der Waals surface area (Å²) in [4.78, 5) is 43.1. The first-order chi connectivity index (χ1) is 36.7. The lowest BCUT2D eigenvalue weighted by atomic mass is 9.77. The van der Waals surface area contributed by atoms with Gasteiger partial charge < -0.3 is 48.2 Å². The number of fused-ring (bicyclic) bond motifs is 1. The van der Waals surface area contributed by atoms with Gasteiger partial charge in [0.25, 0.3) is 42.2 Å². The van der Waals surface area contributed by atoms with Crippen molar-refractivity contribution in [2.75, 3.05) is 120 Å². The molecule has 1 atom stereocenters. The number of rotatable bonds is 37.